The van der Waals surface area contributed by atoms with Crippen LogP contribution in [0.4, 0.5) is 5.69 Å². The van der Waals surface area contributed by atoms with Crippen LogP contribution in [0.1, 0.15) is 44.0 Å². The maximum absolute atomic E-state index is 12.8. The number of anilines is 1. The third-order valence-electron chi connectivity index (χ3n) is 7.01. The molecule has 7 nitrogen and oxygen atoms in total. The number of nitrogens with zero attached hydrogens (tertiary/aromatic N) is 2. The van der Waals surface area contributed by atoms with Gasteiger partial charge in [0.05, 0.1) is 16.4 Å². The molecular formula is C29H28N4O3. The summed E-state index contributed by atoms with van der Waals surface area (Å²) in [6, 6.07) is 25.3. The van der Waals surface area contributed by atoms with Crippen molar-refractivity contribution >= 4 is 34.4 Å². The number of hydrogen-bond donors (Lipinski definition) is 2. The van der Waals surface area contributed by atoms with Gasteiger partial charge < -0.3 is 5.32 Å². The van der Waals surface area contributed by atoms with E-state index >= 15 is 0 Å². The van der Waals surface area contributed by atoms with Gasteiger partial charge in [-0.3, -0.25) is 24.3 Å². The first-order chi connectivity index (χ1) is 17.5. The summed E-state index contributed by atoms with van der Waals surface area (Å²) in [5, 5.41) is 5.42. The first-order valence-corrected chi connectivity index (χ1v) is 12.3. The van der Waals surface area contributed by atoms with Crippen LogP contribution in [-0.2, 0) is 26.2 Å². The summed E-state index contributed by atoms with van der Waals surface area (Å²) >= 11 is 0. The van der Waals surface area contributed by atoms with E-state index in [0.29, 0.717) is 31.4 Å². The number of carbonyl (C=O) groups is 3. The lowest BCUT2D eigenvalue weighted by molar-refractivity contribution is -0.138. The Balaban J connectivity index is 1.29. The fourth-order valence-electron chi connectivity index (χ4n) is 5.00. The molecule has 1 saturated heterocycles. The summed E-state index contributed by atoms with van der Waals surface area (Å²) in [5.74, 6) is 0.240. The fraction of sp³-hybridized carbons (Fsp3) is 0.241. The predicted molar refractivity (Wildman–Crippen MR) is 139 cm³/mol. The van der Waals surface area contributed by atoms with Crippen LogP contribution < -0.4 is 10.6 Å². The summed E-state index contributed by atoms with van der Waals surface area (Å²) in [4.78, 5) is 41.8. The Morgan fingerprint density at radius 2 is 1.72 bits per heavy atom. The second-order valence-electron chi connectivity index (χ2n) is 9.13. The van der Waals surface area contributed by atoms with Gasteiger partial charge in [-0.15, -0.1) is 0 Å². The Bertz CT molecular complexity index is 1430. The van der Waals surface area contributed by atoms with Gasteiger partial charge in [-0.2, -0.15) is 0 Å². The molecule has 1 aliphatic heterocycles. The molecular weight excluding hydrogens is 452 g/mol. The highest BCUT2D eigenvalue weighted by molar-refractivity contribution is 6.03. The highest BCUT2D eigenvalue weighted by Crippen LogP contribution is 2.36. The molecule has 4 aromatic rings. The standard InChI is InChI=1S/C29H28N4O3/c1-2-29(19-18-27(35)32-28(29)36)20-12-14-21(15-13-20)30-26(34)17-16-25-31-23-10-6-7-11-24(23)33(25)22-8-4-3-5-9-22/h3-15H,2,16-19H2,1H3,(H,30,34)(H,32,35,36). The van der Waals surface area contributed by atoms with Gasteiger partial charge in [0, 0.05) is 30.6 Å². The predicted octanol–water partition coefficient (Wildman–Crippen LogP) is 4.68. The van der Waals surface area contributed by atoms with Gasteiger partial charge in [-0.05, 0) is 54.8 Å². The summed E-state index contributed by atoms with van der Waals surface area (Å²) < 4.78 is 2.10. The molecule has 3 amide bonds. The van der Waals surface area contributed by atoms with Crippen molar-refractivity contribution in [1.82, 2.24) is 14.9 Å². The molecule has 36 heavy (non-hydrogen) atoms. The van der Waals surface area contributed by atoms with E-state index in [1.807, 2.05) is 85.8 Å². The Labute approximate surface area is 209 Å². The number of hydrogen-bond acceptors (Lipinski definition) is 4. The first kappa shape index (κ1) is 23.5. The maximum Gasteiger partial charge on any atom is 0.237 e. The molecule has 1 atom stereocenters. The number of imide groups is 1. The van der Waals surface area contributed by atoms with Crippen LogP contribution in [0.2, 0.25) is 0 Å². The highest BCUT2D eigenvalue weighted by Gasteiger charge is 2.42. The number of benzene rings is 3. The highest BCUT2D eigenvalue weighted by atomic mass is 16.2. The zero-order valence-electron chi connectivity index (χ0n) is 20.2. The molecule has 0 spiro atoms. The molecule has 0 radical (unpaired) electrons. The average molecular weight is 481 g/mol. The summed E-state index contributed by atoms with van der Waals surface area (Å²) in [6.07, 6.45) is 2.18. The van der Waals surface area contributed by atoms with Crippen molar-refractivity contribution in [3.63, 3.8) is 0 Å². The molecule has 2 heterocycles. The van der Waals surface area contributed by atoms with Crippen LogP contribution in [0.3, 0.4) is 0 Å². The minimum atomic E-state index is -0.715. The first-order valence-electron chi connectivity index (χ1n) is 12.3. The number of imidazole rings is 1. The summed E-state index contributed by atoms with van der Waals surface area (Å²) in [7, 11) is 0. The van der Waals surface area contributed by atoms with Gasteiger partial charge in [-0.1, -0.05) is 49.4 Å². The molecule has 5 rings (SSSR count). The lowest BCUT2D eigenvalue weighted by Gasteiger charge is -2.35. The summed E-state index contributed by atoms with van der Waals surface area (Å²) in [5.41, 5.74) is 3.71. The third kappa shape index (κ3) is 4.40. The van der Waals surface area contributed by atoms with E-state index in [4.69, 9.17) is 4.98 Å². The number of aryl methyl sites for hydroxylation is 1. The van der Waals surface area contributed by atoms with Gasteiger partial charge in [0.2, 0.25) is 17.7 Å². The Morgan fingerprint density at radius 3 is 2.44 bits per heavy atom. The van der Waals surface area contributed by atoms with Crippen LogP contribution in [0, 0.1) is 0 Å². The van der Waals surface area contributed by atoms with Crippen molar-refractivity contribution in [2.24, 2.45) is 0 Å². The van der Waals surface area contributed by atoms with Gasteiger partial charge in [-0.25, -0.2) is 4.98 Å². The van der Waals surface area contributed by atoms with Crippen LogP contribution in [0.15, 0.2) is 78.9 Å². The lowest BCUT2D eigenvalue weighted by atomic mass is 9.72. The number of amides is 3. The number of carbonyl (C=O) groups excluding carboxylic acids is 3. The normalized spacial score (nSPS) is 17.7. The molecule has 1 aromatic heterocycles. The molecule has 3 aromatic carbocycles. The van der Waals surface area contributed by atoms with Crippen molar-refractivity contribution in [3.05, 3.63) is 90.3 Å². The van der Waals surface area contributed by atoms with Crippen molar-refractivity contribution < 1.29 is 14.4 Å². The molecule has 7 heteroatoms. The van der Waals surface area contributed by atoms with E-state index in [1.54, 1.807) is 0 Å². The Kier molecular flexibility index (Phi) is 6.38. The molecule has 2 N–H and O–H groups in total. The molecule has 1 fully saturated rings. The van der Waals surface area contributed by atoms with Crippen molar-refractivity contribution in [2.45, 2.75) is 44.4 Å². The van der Waals surface area contributed by atoms with Crippen LogP contribution in [0.5, 0.6) is 0 Å². The molecule has 0 bridgehead atoms. The Hall–Kier alpha value is -4.26. The van der Waals surface area contributed by atoms with E-state index in [9.17, 15) is 14.4 Å². The topological polar surface area (TPSA) is 93.1 Å². The van der Waals surface area contributed by atoms with Gasteiger partial charge >= 0.3 is 0 Å². The maximum atomic E-state index is 12.8. The number of aromatic nitrogens is 2. The number of rotatable bonds is 7. The SMILES string of the molecule is CCC1(c2ccc(NC(=O)CCc3nc4ccccc4n3-c3ccccc3)cc2)CCC(=O)NC1=O. The Morgan fingerprint density at radius 1 is 1.00 bits per heavy atom. The quantitative estimate of drug-likeness (QED) is 0.376. The van der Waals surface area contributed by atoms with Crippen LogP contribution >= 0.6 is 0 Å². The second kappa shape index (κ2) is 9.77. The summed E-state index contributed by atoms with van der Waals surface area (Å²) in [6.45, 7) is 1.95. The smallest absolute Gasteiger partial charge is 0.237 e. The number of nitrogens with one attached hydrogen (secondary N) is 2. The number of fused-ring (bicyclic) bond motifs is 1. The molecule has 182 valence electrons. The largest absolute Gasteiger partial charge is 0.326 e. The van der Waals surface area contributed by atoms with Crippen molar-refractivity contribution in [1.29, 1.82) is 0 Å². The van der Waals surface area contributed by atoms with Crippen LogP contribution in [0.25, 0.3) is 16.7 Å². The van der Waals surface area contributed by atoms with E-state index in [-0.39, 0.29) is 24.1 Å². The fourth-order valence-corrected chi connectivity index (χ4v) is 5.00. The van der Waals surface area contributed by atoms with E-state index < -0.39 is 5.41 Å². The lowest BCUT2D eigenvalue weighted by Crippen LogP contribution is -2.51. The minimum Gasteiger partial charge on any atom is -0.326 e. The van der Waals surface area contributed by atoms with E-state index in [0.717, 1.165) is 28.1 Å². The van der Waals surface area contributed by atoms with Gasteiger partial charge in [0.15, 0.2) is 0 Å². The average Bonchev–Trinajstić information content (AvgIpc) is 3.27. The monoisotopic (exact) mass is 480 g/mol. The molecule has 1 unspecified atom stereocenters. The molecule has 0 aliphatic carbocycles. The third-order valence-corrected chi connectivity index (χ3v) is 7.01. The molecule has 0 saturated carbocycles. The minimum absolute atomic E-state index is 0.111. The van der Waals surface area contributed by atoms with E-state index in [2.05, 4.69) is 15.2 Å². The second-order valence-corrected chi connectivity index (χ2v) is 9.13. The zero-order valence-corrected chi connectivity index (χ0v) is 20.2. The van der Waals surface area contributed by atoms with Gasteiger partial charge in [0.1, 0.15) is 5.82 Å². The zero-order chi connectivity index (χ0) is 25.1. The number of piperidine rings is 1. The van der Waals surface area contributed by atoms with E-state index in [1.165, 1.54) is 0 Å². The number of para-hydroxylation sites is 3. The van der Waals surface area contributed by atoms with Crippen LogP contribution in [-0.4, -0.2) is 27.3 Å². The van der Waals surface area contributed by atoms with Gasteiger partial charge in [0.25, 0.3) is 0 Å². The van der Waals surface area contributed by atoms with Crippen molar-refractivity contribution in [3.8, 4) is 5.69 Å². The molecule has 1 aliphatic rings. The van der Waals surface area contributed by atoms with Crippen molar-refractivity contribution in [2.75, 3.05) is 5.32 Å².